The highest BCUT2D eigenvalue weighted by atomic mass is 16.3. The molecule has 0 bridgehead atoms. The second kappa shape index (κ2) is 6.27. The summed E-state index contributed by atoms with van der Waals surface area (Å²) in [6.07, 6.45) is 4.65. The van der Waals surface area contributed by atoms with Crippen molar-refractivity contribution < 1.29 is 9.90 Å². The van der Waals surface area contributed by atoms with Gasteiger partial charge in [0.25, 0.3) is 0 Å². The summed E-state index contributed by atoms with van der Waals surface area (Å²) < 4.78 is 0. The predicted molar refractivity (Wildman–Crippen MR) is 61.2 cm³/mol. The lowest BCUT2D eigenvalue weighted by molar-refractivity contribution is 0.112. The predicted octanol–water partition coefficient (Wildman–Crippen LogP) is 2.92. The number of rotatable bonds is 5. The number of phenolic OH excluding ortho intramolecular Hbond substituents is 1. The van der Waals surface area contributed by atoms with Gasteiger partial charge in [0.1, 0.15) is 5.75 Å². The smallest absolute Gasteiger partial charge is 0.150 e. The summed E-state index contributed by atoms with van der Waals surface area (Å²) in [4.78, 5) is 13.3. The van der Waals surface area contributed by atoms with Crippen molar-refractivity contribution in [1.82, 2.24) is 0 Å². The van der Waals surface area contributed by atoms with Crippen LogP contribution >= 0.6 is 0 Å². The van der Waals surface area contributed by atoms with Gasteiger partial charge in [0.2, 0.25) is 0 Å². The molecule has 0 fully saturated rings. The number of aromatic hydroxyl groups is 1. The Kier molecular flexibility index (Phi) is 4.63. The van der Waals surface area contributed by atoms with E-state index in [4.69, 9.17) is 5.53 Å². The molecule has 0 aliphatic heterocycles. The van der Waals surface area contributed by atoms with E-state index in [0.29, 0.717) is 30.4 Å². The average Bonchev–Trinajstić information content (AvgIpc) is 2.30. The van der Waals surface area contributed by atoms with Crippen LogP contribution in [-0.2, 0) is 0 Å². The maximum atomic E-state index is 10.7. The van der Waals surface area contributed by atoms with Crippen molar-refractivity contribution in [2.24, 2.45) is 5.11 Å². The first-order chi connectivity index (χ1) is 7.79. The molecule has 0 saturated carbocycles. The molecule has 1 N–H and O–H groups in total. The monoisotopic (exact) mass is 217 g/mol. The molecule has 1 aromatic rings. The number of hydrogen-bond acceptors (Lipinski definition) is 3. The zero-order valence-electron chi connectivity index (χ0n) is 8.58. The fraction of sp³-hybridized carbons (Fsp3) is 0.182. The van der Waals surface area contributed by atoms with Gasteiger partial charge in [-0.3, -0.25) is 4.79 Å². The van der Waals surface area contributed by atoms with E-state index >= 15 is 0 Å². The Hall–Kier alpha value is -2.26. The highest BCUT2D eigenvalue weighted by molar-refractivity contribution is 5.83. The van der Waals surface area contributed by atoms with E-state index in [1.165, 1.54) is 6.07 Å². The van der Waals surface area contributed by atoms with E-state index in [0.717, 1.165) is 0 Å². The number of benzene rings is 1. The van der Waals surface area contributed by atoms with Gasteiger partial charge < -0.3 is 5.11 Å². The minimum absolute atomic E-state index is 0.0598. The summed E-state index contributed by atoms with van der Waals surface area (Å²) in [5, 5.41) is 12.9. The lowest BCUT2D eigenvalue weighted by atomic mass is 10.1. The third kappa shape index (κ3) is 3.15. The van der Waals surface area contributed by atoms with Crippen LogP contribution in [0.3, 0.4) is 0 Å². The third-order valence-corrected chi connectivity index (χ3v) is 1.99. The molecule has 5 nitrogen and oxygen atoms in total. The number of hydrogen-bond donors (Lipinski definition) is 1. The summed E-state index contributed by atoms with van der Waals surface area (Å²) in [6, 6.07) is 4.75. The minimum atomic E-state index is 0.0598. The van der Waals surface area contributed by atoms with E-state index in [-0.39, 0.29) is 5.75 Å². The molecule has 5 heteroatoms. The van der Waals surface area contributed by atoms with Crippen LogP contribution < -0.4 is 0 Å². The molecule has 0 amide bonds. The van der Waals surface area contributed by atoms with Gasteiger partial charge in [-0.1, -0.05) is 29.4 Å². The molecule has 0 unspecified atom stereocenters. The van der Waals surface area contributed by atoms with E-state index < -0.39 is 0 Å². The van der Waals surface area contributed by atoms with Gasteiger partial charge in [-0.25, -0.2) is 0 Å². The number of nitrogens with zero attached hydrogens (tertiary/aromatic N) is 3. The lowest BCUT2D eigenvalue weighted by Crippen LogP contribution is -1.86. The van der Waals surface area contributed by atoms with Gasteiger partial charge >= 0.3 is 0 Å². The Bertz CT molecular complexity index is 449. The van der Waals surface area contributed by atoms with E-state index in [1.807, 2.05) is 0 Å². The molecule has 0 atom stereocenters. The van der Waals surface area contributed by atoms with Gasteiger partial charge in [0.15, 0.2) is 6.29 Å². The van der Waals surface area contributed by atoms with E-state index in [9.17, 15) is 9.90 Å². The first kappa shape index (κ1) is 11.8. The largest absolute Gasteiger partial charge is 0.507 e. The fourth-order valence-corrected chi connectivity index (χ4v) is 1.23. The summed E-state index contributed by atoms with van der Waals surface area (Å²) in [5.74, 6) is 0.0598. The van der Waals surface area contributed by atoms with Crippen molar-refractivity contribution >= 4 is 12.4 Å². The van der Waals surface area contributed by atoms with Crippen LogP contribution in [0.1, 0.15) is 22.3 Å². The maximum Gasteiger partial charge on any atom is 0.150 e. The number of carbonyl (C=O) groups is 1. The van der Waals surface area contributed by atoms with E-state index in [2.05, 4.69) is 10.0 Å². The minimum Gasteiger partial charge on any atom is -0.507 e. The van der Waals surface area contributed by atoms with Crippen LogP contribution in [0.4, 0.5) is 0 Å². The molecule has 16 heavy (non-hydrogen) atoms. The lowest BCUT2D eigenvalue weighted by Gasteiger charge is -2.01. The molecule has 0 spiro atoms. The fourth-order valence-electron chi connectivity index (χ4n) is 1.23. The second-order valence-corrected chi connectivity index (χ2v) is 3.04. The summed E-state index contributed by atoms with van der Waals surface area (Å²) >= 11 is 0. The van der Waals surface area contributed by atoms with Crippen molar-refractivity contribution in [3.8, 4) is 5.75 Å². The summed E-state index contributed by atoms with van der Waals surface area (Å²) in [5.41, 5.74) is 8.97. The van der Waals surface area contributed by atoms with Gasteiger partial charge in [-0.05, 0) is 18.0 Å². The van der Waals surface area contributed by atoms with Crippen molar-refractivity contribution in [2.75, 3.05) is 6.54 Å². The highest BCUT2D eigenvalue weighted by Gasteiger charge is 2.02. The number of phenols is 1. The van der Waals surface area contributed by atoms with Crippen LogP contribution in [0.25, 0.3) is 16.5 Å². The Labute approximate surface area is 92.7 Å². The van der Waals surface area contributed by atoms with Crippen LogP contribution in [0.15, 0.2) is 29.4 Å². The second-order valence-electron chi connectivity index (χ2n) is 3.04. The van der Waals surface area contributed by atoms with E-state index in [1.54, 1.807) is 24.3 Å². The van der Waals surface area contributed by atoms with Crippen LogP contribution in [0.5, 0.6) is 5.75 Å². The first-order valence-corrected chi connectivity index (χ1v) is 4.74. The quantitative estimate of drug-likeness (QED) is 0.270. The molecule has 1 rings (SSSR count). The van der Waals surface area contributed by atoms with Crippen LogP contribution in [0.2, 0.25) is 0 Å². The number of azide groups is 1. The summed E-state index contributed by atoms with van der Waals surface area (Å²) in [7, 11) is 0. The molecule has 0 saturated heterocycles. The molecule has 0 aromatic heterocycles. The number of aldehydes is 1. The van der Waals surface area contributed by atoms with Gasteiger partial charge in [0, 0.05) is 22.6 Å². The Morgan fingerprint density at radius 1 is 1.50 bits per heavy atom. The Morgan fingerprint density at radius 3 is 3.00 bits per heavy atom. The molecule has 0 radical (unpaired) electrons. The van der Waals surface area contributed by atoms with Gasteiger partial charge in [0.05, 0.1) is 0 Å². The molecule has 82 valence electrons. The van der Waals surface area contributed by atoms with Crippen molar-refractivity contribution in [3.63, 3.8) is 0 Å². The van der Waals surface area contributed by atoms with Crippen molar-refractivity contribution in [3.05, 3.63) is 45.8 Å². The van der Waals surface area contributed by atoms with Crippen LogP contribution in [0, 0.1) is 0 Å². The maximum absolute atomic E-state index is 10.7. The molecular formula is C11H11N3O2. The average molecular weight is 217 g/mol. The summed E-state index contributed by atoms with van der Waals surface area (Å²) in [6.45, 7) is 0.358. The van der Waals surface area contributed by atoms with Crippen LogP contribution in [-0.4, -0.2) is 17.9 Å². The zero-order valence-corrected chi connectivity index (χ0v) is 8.58. The third-order valence-electron chi connectivity index (χ3n) is 1.99. The molecule has 1 aromatic carbocycles. The standard InChI is InChI=1S/C11H11N3O2/c12-14-13-7-2-1-5-10-9(8-15)4-3-6-11(10)16/h1,3-6,8,16H,2,7H2. The highest BCUT2D eigenvalue weighted by Crippen LogP contribution is 2.21. The van der Waals surface area contributed by atoms with Crippen molar-refractivity contribution in [2.45, 2.75) is 6.42 Å². The molecule has 0 aliphatic carbocycles. The normalized spacial score (nSPS) is 10.0. The van der Waals surface area contributed by atoms with Crippen molar-refractivity contribution in [1.29, 1.82) is 0 Å². The molecule has 0 aliphatic rings. The SMILES string of the molecule is [N-]=[N+]=NCCC=Cc1c(O)cccc1C=O. The zero-order chi connectivity index (χ0) is 11.8. The Balaban J connectivity index is 2.79. The van der Waals surface area contributed by atoms with Gasteiger partial charge in [-0.2, -0.15) is 0 Å². The first-order valence-electron chi connectivity index (χ1n) is 4.74. The Morgan fingerprint density at radius 2 is 2.31 bits per heavy atom. The van der Waals surface area contributed by atoms with Gasteiger partial charge in [-0.15, -0.1) is 0 Å². The molecule has 0 heterocycles. The number of carbonyl (C=O) groups excluding carboxylic acids is 1. The molecular weight excluding hydrogens is 206 g/mol. The topological polar surface area (TPSA) is 86.1 Å².